The summed E-state index contributed by atoms with van der Waals surface area (Å²) >= 11 is 0. The molecule has 0 aromatic heterocycles. The van der Waals surface area contributed by atoms with Crippen molar-refractivity contribution in [2.24, 2.45) is 0 Å². The van der Waals surface area contributed by atoms with Crippen LogP contribution in [0.1, 0.15) is 12.8 Å². The zero-order chi connectivity index (χ0) is 9.94. The van der Waals surface area contributed by atoms with Crippen LogP contribution in [0.15, 0.2) is 12.2 Å². The van der Waals surface area contributed by atoms with Crippen molar-refractivity contribution in [3.05, 3.63) is 12.2 Å². The first-order valence-electron chi connectivity index (χ1n) is 3.76. The van der Waals surface area contributed by atoms with Gasteiger partial charge in [0.2, 0.25) is 0 Å². The molecule has 0 aromatic rings. The predicted octanol–water partition coefficient (Wildman–Crippen LogP) is 0.406. The summed E-state index contributed by atoms with van der Waals surface area (Å²) in [5.41, 5.74) is 0. The number of unbranched alkanes of at least 4 members (excludes halogenated alkanes) is 1. The lowest BCUT2D eigenvalue weighted by Crippen LogP contribution is -1.84. The molecule has 0 saturated heterocycles. The van der Waals surface area contributed by atoms with E-state index in [-0.39, 0.29) is 6.61 Å². The summed E-state index contributed by atoms with van der Waals surface area (Å²) in [5, 5.41) is 16.6. The standard InChI is InChI=1S/C10H10O3/c11-9-7-5-3-1-2-4-6-8-10(12)13/h6,8,11H,5,7,9H2,(H,12,13). The van der Waals surface area contributed by atoms with E-state index in [1.807, 2.05) is 0 Å². The Morgan fingerprint density at radius 3 is 2.77 bits per heavy atom. The second kappa shape index (κ2) is 8.39. The highest BCUT2D eigenvalue weighted by atomic mass is 16.4. The van der Waals surface area contributed by atoms with Crippen molar-refractivity contribution < 1.29 is 15.0 Å². The molecule has 0 rings (SSSR count). The lowest BCUT2D eigenvalue weighted by Gasteiger charge is -1.80. The number of hydrogen-bond donors (Lipinski definition) is 2. The largest absolute Gasteiger partial charge is 0.478 e. The number of carbonyl (C=O) groups is 1. The fourth-order valence-electron chi connectivity index (χ4n) is 0.465. The molecule has 68 valence electrons. The van der Waals surface area contributed by atoms with Crippen LogP contribution in [-0.2, 0) is 4.79 Å². The molecule has 0 aliphatic rings. The van der Waals surface area contributed by atoms with Crippen LogP contribution < -0.4 is 0 Å². The third kappa shape index (κ3) is 10.3. The number of carboxylic acids is 1. The summed E-state index contributed by atoms with van der Waals surface area (Å²) in [6, 6.07) is 0. The van der Waals surface area contributed by atoms with Crippen molar-refractivity contribution in [1.82, 2.24) is 0 Å². The molecule has 0 radical (unpaired) electrons. The highest BCUT2D eigenvalue weighted by Gasteiger charge is 1.79. The molecule has 3 nitrogen and oxygen atoms in total. The van der Waals surface area contributed by atoms with Gasteiger partial charge >= 0.3 is 5.97 Å². The van der Waals surface area contributed by atoms with Crippen LogP contribution >= 0.6 is 0 Å². The molecule has 13 heavy (non-hydrogen) atoms. The van der Waals surface area contributed by atoms with Crippen molar-refractivity contribution in [2.75, 3.05) is 6.61 Å². The van der Waals surface area contributed by atoms with E-state index in [9.17, 15) is 4.79 Å². The molecule has 0 bridgehead atoms. The number of carboxylic acid groups (broad SMARTS) is 1. The minimum Gasteiger partial charge on any atom is -0.478 e. The normalized spacial score (nSPS) is 8.38. The number of aliphatic hydroxyl groups is 1. The third-order valence-electron chi connectivity index (χ3n) is 0.992. The van der Waals surface area contributed by atoms with E-state index in [0.717, 1.165) is 6.08 Å². The molecule has 0 aromatic carbocycles. The smallest absolute Gasteiger partial charge is 0.328 e. The Labute approximate surface area is 77.1 Å². The fraction of sp³-hybridized carbons (Fsp3) is 0.300. The maximum absolute atomic E-state index is 9.95. The quantitative estimate of drug-likeness (QED) is 0.374. The van der Waals surface area contributed by atoms with Gasteiger partial charge in [-0.15, -0.1) is 0 Å². The zero-order valence-corrected chi connectivity index (χ0v) is 7.08. The molecule has 3 heteroatoms. The summed E-state index contributed by atoms with van der Waals surface area (Å²) in [7, 11) is 0. The Morgan fingerprint density at radius 2 is 2.15 bits per heavy atom. The Bertz CT molecular complexity index is 294. The van der Waals surface area contributed by atoms with E-state index in [0.29, 0.717) is 12.8 Å². The molecular weight excluding hydrogens is 168 g/mol. The molecule has 0 atom stereocenters. The van der Waals surface area contributed by atoms with Crippen LogP contribution in [0.2, 0.25) is 0 Å². The molecule has 0 aliphatic heterocycles. The van der Waals surface area contributed by atoms with Gasteiger partial charge in [0.1, 0.15) is 0 Å². The second-order valence-corrected chi connectivity index (χ2v) is 2.07. The monoisotopic (exact) mass is 178 g/mol. The predicted molar refractivity (Wildman–Crippen MR) is 48.6 cm³/mol. The van der Waals surface area contributed by atoms with Crippen LogP contribution in [0.5, 0.6) is 0 Å². The van der Waals surface area contributed by atoms with Gasteiger partial charge in [-0.25, -0.2) is 4.79 Å². The van der Waals surface area contributed by atoms with Gasteiger partial charge in [0.25, 0.3) is 0 Å². The lowest BCUT2D eigenvalue weighted by molar-refractivity contribution is -0.131. The number of allylic oxidation sites excluding steroid dienone is 1. The first kappa shape index (κ1) is 11.3. The molecule has 0 fully saturated rings. The second-order valence-electron chi connectivity index (χ2n) is 2.07. The van der Waals surface area contributed by atoms with Gasteiger partial charge < -0.3 is 10.2 Å². The molecule has 0 unspecified atom stereocenters. The number of rotatable bonds is 3. The molecule has 0 heterocycles. The van der Waals surface area contributed by atoms with Crippen LogP contribution in [0, 0.1) is 23.7 Å². The minimum absolute atomic E-state index is 0.126. The fourth-order valence-corrected chi connectivity index (χ4v) is 0.465. The average Bonchev–Trinajstić information content (AvgIpc) is 2.09. The Kier molecular flexibility index (Phi) is 7.28. The highest BCUT2D eigenvalue weighted by molar-refractivity contribution is 5.80. The van der Waals surface area contributed by atoms with Gasteiger partial charge in [-0.3, -0.25) is 0 Å². The maximum atomic E-state index is 9.95. The first-order chi connectivity index (χ1) is 6.27. The zero-order valence-electron chi connectivity index (χ0n) is 7.08. The molecule has 0 saturated carbocycles. The van der Waals surface area contributed by atoms with E-state index in [2.05, 4.69) is 23.7 Å². The van der Waals surface area contributed by atoms with Gasteiger partial charge in [-0.2, -0.15) is 0 Å². The van der Waals surface area contributed by atoms with Crippen molar-refractivity contribution in [1.29, 1.82) is 0 Å². The molecule has 0 aliphatic carbocycles. The molecule has 2 N–H and O–H groups in total. The minimum atomic E-state index is -1.03. The van der Waals surface area contributed by atoms with Crippen molar-refractivity contribution in [3.8, 4) is 23.7 Å². The molecule has 0 spiro atoms. The van der Waals surface area contributed by atoms with E-state index in [1.54, 1.807) is 0 Å². The number of aliphatic hydroxyl groups excluding tert-OH is 1. The molecular formula is C10H10O3. The van der Waals surface area contributed by atoms with Gasteiger partial charge in [-0.1, -0.05) is 11.8 Å². The van der Waals surface area contributed by atoms with Crippen LogP contribution in [0.25, 0.3) is 0 Å². The van der Waals surface area contributed by atoms with Gasteiger partial charge in [0, 0.05) is 19.1 Å². The van der Waals surface area contributed by atoms with Crippen molar-refractivity contribution in [2.45, 2.75) is 12.8 Å². The summed E-state index contributed by atoms with van der Waals surface area (Å²) in [6.45, 7) is 0.126. The van der Waals surface area contributed by atoms with Gasteiger partial charge in [-0.05, 0) is 24.3 Å². The topological polar surface area (TPSA) is 57.5 Å². The molecule has 0 amide bonds. The van der Waals surface area contributed by atoms with Crippen LogP contribution in [0.3, 0.4) is 0 Å². The Morgan fingerprint density at radius 1 is 1.38 bits per heavy atom. The van der Waals surface area contributed by atoms with E-state index < -0.39 is 5.97 Å². The number of aliphatic carboxylic acids is 1. The van der Waals surface area contributed by atoms with E-state index in [4.69, 9.17) is 10.2 Å². The summed E-state index contributed by atoms with van der Waals surface area (Å²) in [6.07, 6.45) is 3.42. The van der Waals surface area contributed by atoms with Crippen molar-refractivity contribution in [3.63, 3.8) is 0 Å². The third-order valence-corrected chi connectivity index (χ3v) is 0.992. The highest BCUT2D eigenvalue weighted by Crippen LogP contribution is 1.81. The Hall–Kier alpha value is -1.71. The summed E-state index contributed by atoms with van der Waals surface area (Å²) < 4.78 is 0. The van der Waals surface area contributed by atoms with E-state index >= 15 is 0 Å². The first-order valence-corrected chi connectivity index (χ1v) is 3.76. The SMILES string of the molecule is O=C(O)C=CC#CC#CCCCO. The van der Waals surface area contributed by atoms with Gasteiger partial charge in [0.15, 0.2) is 0 Å². The number of hydrogen-bond acceptors (Lipinski definition) is 2. The Balaban J connectivity index is 3.70. The van der Waals surface area contributed by atoms with E-state index in [1.165, 1.54) is 6.08 Å². The average molecular weight is 178 g/mol. The van der Waals surface area contributed by atoms with Crippen LogP contribution in [0.4, 0.5) is 0 Å². The van der Waals surface area contributed by atoms with Gasteiger partial charge in [0.05, 0.1) is 0 Å². The summed E-state index contributed by atoms with van der Waals surface area (Å²) in [5.74, 6) is 9.11. The lowest BCUT2D eigenvalue weighted by atomic mass is 10.3. The van der Waals surface area contributed by atoms with Crippen LogP contribution in [-0.4, -0.2) is 22.8 Å². The maximum Gasteiger partial charge on any atom is 0.328 e. The summed E-state index contributed by atoms with van der Waals surface area (Å²) in [4.78, 5) is 9.95. The van der Waals surface area contributed by atoms with Crippen molar-refractivity contribution >= 4 is 5.97 Å².